The number of esters is 2. The molecule has 33 heavy (non-hydrogen) atoms. The number of hydrogen-bond donors (Lipinski definition) is 0. The highest BCUT2D eigenvalue weighted by molar-refractivity contribution is 5.82. The van der Waals surface area contributed by atoms with Gasteiger partial charge in [0.25, 0.3) is 0 Å². The number of hydrogen-bond acceptors (Lipinski definition) is 4. The quantitative estimate of drug-likeness (QED) is 0.409. The predicted octanol–water partition coefficient (Wildman–Crippen LogP) is 6.76. The van der Waals surface area contributed by atoms with Gasteiger partial charge in [-0.05, 0) is 98.2 Å². The first kappa shape index (κ1) is 26.5. The number of rotatable bonds is 6. The van der Waals surface area contributed by atoms with Crippen molar-refractivity contribution in [3.63, 3.8) is 0 Å². The molecule has 3 aliphatic rings. The minimum atomic E-state index is -0.351. The zero-order valence-corrected chi connectivity index (χ0v) is 22.3. The summed E-state index contributed by atoms with van der Waals surface area (Å²) in [4.78, 5) is 26.4. The Kier molecular flexibility index (Phi) is 9.31. The monoisotopic (exact) mass is 462 g/mol. The van der Waals surface area contributed by atoms with Crippen LogP contribution < -0.4 is 0 Å². The normalized spacial score (nSPS) is 44.2. The summed E-state index contributed by atoms with van der Waals surface area (Å²) in [5, 5.41) is 0. The number of carbonyl (C=O) groups excluding carboxylic acids is 2. The average Bonchev–Trinajstić information content (AvgIpc) is 2.71. The minimum absolute atomic E-state index is 0.171. The molecule has 190 valence electrons. The topological polar surface area (TPSA) is 52.6 Å². The zero-order chi connectivity index (χ0) is 24.3. The second-order valence-corrected chi connectivity index (χ2v) is 12.8. The highest BCUT2D eigenvalue weighted by atomic mass is 16.5. The van der Waals surface area contributed by atoms with Crippen molar-refractivity contribution >= 4 is 11.9 Å². The van der Waals surface area contributed by atoms with Crippen LogP contribution >= 0.6 is 0 Å². The van der Waals surface area contributed by atoms with Gasteiger partial charge in [-0.1, -0.05) is 48.5 Å². The third kappa shape index (κ3) is 6.75. The van der Waals surface area contributed by atoms with Crippen molar-refractivity contribution in [2.45, 2.75) is 93.4 Å². The summed E-state index contributed by atoms with van der Waals surface area (Å²) in [7, 11) is 0. The van der Waals surface area contributed by atoms with Gasteiger partial charge in [0.05, 0.1) is 25.0 Å². The van der Waals surface area contributed by atoms with Crippen molar-refractivity contribution in [2.24, 2.45) is 65.1 Å². The summed E-state index contributed by atoms with van der Waals surface area (Å²) in [6.07, 6.45) is 7.28. The van der Waals surface area contributed by atoms with Crippen molar-refractivity contribution in [3.05, 3.63) is 0 Å². The van der Waals surface area contributed by atoms with Crippen LogP contribution in [0.1, 0.15) is 93.4 Å². The molecule has 4 heteroatoms. The molecular formula is C29H50O4. The van der Waals surface area contributed by atoms with Crippen LogP contribution in [-0.2, 0) is 19.1 Å². The summed E-state index contributed by atoms with van der Waals surface area (Å²) in [5.74, 6) is 4.05. The molecule has 7 atom stereocenters. The average molecular weight is 463 g/mol. The molecule has 0 heterocycles. The Balaban J connectivity index is 1.56. The van der Waals surface area contributed by atoms with Gasteiger partial charge in [0.2, 0.25) is 0 Å². The Morgan fingerprint density at radius 2 is 0.939 bits per heavy atom. The van der Waals surface area contributed by atoms with Crippen LogP contribution in [0.3, 0.4) is 0 Å². The summed E-state index contributed by atoms with van der Waals surface area (Å²) in [5.41, 5.74) is 0. The minimum Gasteiger partial charge on any atom is -0.465 e. The molecule has 0 bridgehead atoms. The molecule has 0 radical (unpaired) electrons. The smallest absolute Gasteiger partial charge is 0.309 e. The lowest BCUT2D eigenvalue weighted by molar-refractivity contribution is -0.167. The van der Waals surface area contributed by atoms with E-state index in [9.17, 15) is 9.59 Å². The maximum Gasteiger partial charge on any atom is 0.309 e. The standard InChI is InChI=1S/C29H50O4/c1-17-8-9-24(28(30)32-15-26-20(4)10-18(2)11-21(26)5)25(14-17)29(31)33-16-27-22(6)12-19(3)13-23(27)7/h17-27H,8-16H2,1-7H3. The summed E-state index contributed by atoms with van der Waals surface area (Å²) >= 11 is 0. The second kappa shape index (κ2) is 11.6. The predicted molar refractivity (Wildman–Crippen MR) is 132 cm³/mol. The van der Waals surface area contributed by atoms with Crippen molar-refractivity contribution in [1.82, 2.24) is 0 Å². The van der Waals surface area contributed by atoms with Gasteiger partial charge in [0, 0.05) is 0 Å². The van der Waals surface area contributed by atoms with Crippen LogP contribution in [0, 0.1) is 65.1 Å². The first-order chi connectivity index (χ1) is 15.6. The van der Waals surface area contributed by atoms with E-state index in [-0.39, 0.29) is 23.8 Å². The first-order valence-electron chi connectivity index (χ1n) is 13.9. The Labute approximate surface area is 202 Å². The van der Waals surface area contributed by atoms with E-state index in [1.54, 1.807) is 0 Å². The molecule has 0 amide bonds. The fourth-order valence-electron chi connectivity index (χ4n) is 7.70. The Morgan fingerprint density at radius 3 is 1.36 bits per heavy atom. The molecule has 0 aliphatic heterocycles. The van der Waals surface area contributed by atoms with Gasteiger partial charge in [-0.3, -0.25) is 9.59 Å². The van der Waals surface area contributed by atoms with Crippen LogP contribution in [0.25, 0.3) is 0 Å². The van der Waals surface area contributed by atoms with E-state index in [1.165, 1.54) is 25.7 Å². The van der Waals surface area contributed by atoms with Crippen LogP contribution in [0.5, 0.6) is 0 Å². The van der Waals surface area contributed by atoms with E-state index in [1.807, 2.05) is 0 Å². The SMILES string of the molecule is CC1CC(C)C(COC(=O)C2CCC(C)CC2C(=O)OCC2C(C)CC(C)CC2C)C(C)C1. The summed E-state index contributed by atoms with van der Waals surface area (Å²) < 4.78 is 11.8. The number of ether oxygens (including phenoxy) is 2. The van der Waals surface area contributed by atoms with Gasteiger partial charge in [0.15, 0.2) is 0 Å². The van der Waals surface area contributed by atoms with E-state index in [2.05, 4.69) is 48.5 Å². The van der Waals surface area contributed by atoms with Crippen molar-refractivity contribution in [3.8, 4) is 0 Å². The van der Waals surface area contributed by atoms with E-state index in [0.717, 1.165) is 31.1 Å². The lowest BCUT2D eigenvalue weighted by atomic mass is 9.70. The molecule has 0 spiro atoms. The largest absolute Gasteiger partial charge is 0.465 e. The molecule has 3 fully saturated rings. The molecular weight excluding hydrogens is 412 g/mol. The van der Waals surface area contributed by atoms with E-state index >= 15 is 0 Å². The fraction of sp³-hybridized carbons (Fsp3) is 0.931. The van der Waals surface area contributed by atoms with Crippen molar-refractivity contribution in [1.29, 1.82) is 0 Å². The zero-order valence-electron chi connectivity index (χ0n) is 22.3. The molecule has 0 aromatic carbocycles. The van der Waals surface area contributed by atoms with E-state index in [0.29, 0.717) is 54.6 Å². The molecule has 7 unspecified atom stereocenters. The van der Waals surface area contributed by atoms with Gasteiger partial charge in [-0.25, -0.2) is 0 Å². The van der Waals surface area contributed by atoms with Crippen LogP contribution in [-0.4, -0.2) is 25.2 Å². The molecule has 3 saturated carbocycles. The van der Waals surface area contributed by atoms with Gasteiger partial charge in [-0.15, -0.1) is 0 Å². The number of carbonyl (C=O) groups is 2. The first-order valence-corrected chi connectivity index (χ1v) is 13.9. The second-order valence-electron chi connectivity index (χ2n) is 12.8. The maximum absolute atomic E-state index is 13.2. The van der Waals surface area contributed by atoms with Gasteiger partial charge in [0.1, 0.15) is 0 Å². The van der Waals surface area contributed by atoms with Crippen LogP contribution in [0.15, 0.2) is 0 Å². The maximum atomic E-state index is 13.2. The Morgan fingerprint density at radius 1 is 0.545 bits per heavy atom. The van der Waals surface area contributed by atoms with Crippen LogP contribution in [0.4, 0.5) is 0 Å². The lowest BCUT2D eigenvalue weighted by Gasteiger charge is -2.39. The van der Waals surface area contributed by atoms with Gasteiger partial charge in [-0.2, -0.15) is 0 Å². The van der Waals surface area contributed by atoms with E-state index in [4.69, 9.17) is 9.47 Å². The Bertz CT molecular complexity index is 636. The van der Waals surface area contributed by atoms with E-state index < -0.39 is 0 Å². The third-order valence-electron chi connectivity index (χ3n) is 9.57. The summed E-state index contributed by atoms with van der Waals surface area (Å²) in [6.45, 7) is 17.0. The third-order valence-corrected chi connectivity index (χ3v) is 9.57. The lowest BCUT2D eigenvalue weighted by Crippen LogP contribution is -2.40. The molecule has 0 saturated heterocycles. The highest BCUT2D eigenvalue weighted by Crippen LogP contribution is 2.41. The molecule has 4 nitrogen and oxygen atoms in total. The molecule has 3 aliphatic carbocycles. The summed E-state index contributed by atoms with van der Waals surface area (Å²) in [6, 6.07) is 0. The Hall–Kier alpha value is -1.06. The fourth-order valence-corrected chi connectivity index (χ4v) is 7.70. The molecule has 0 N–H and O–H groups in total. The van der Waals surface area contributed by atoms with Crippen molar-refractivity contribution in [2.75, 3.05) is 13.2 Å². The van der Waals surface area contributed by atoms with Gasteiger partial charge >= 0.3 is 11.9 Å². The molecule has 3 rings (SSSR count). The van der Waals surface area contributed by atoms with Gasteiger partial charge < -0.3 is 9.47 Å². The molecule has 0 aromatic heterocycles. The van der Waals surface area contributed by atoms with Crippen LogP contribution in [0.2, 0.25) is 0 Å². The van der Waals surface area contributed by atoms with Crippen molar-refractivity contribution < 1.29 is 19.1 Å². The molecule has 0 aromatic rings. The highest BCUT2D eigenvalue weighted by Gasteiger charge is 2.42.